The van der Waals surface area contributed by atoms with Crippen LogP contribution in [0.25, 0.3) is 0 Å². The van der Waals surface area contributed by atoms with E-state index in [4.69, 9.17) is 9.47 Å². The van der Waals surface area contributed by atoms with E-state index < -0.39 is 11.7 Å². The Morgan fingerprint density at radius 1 is 1.25 bits per heavy atom. The minimum Gasteiger partial charge on any atom is -0.382 e. The van der Waals surface area contributed by atoms with Crippen LogP contribution < -0.4 is 5.32 Å². The van der Waals surface area contributed by atoms with E-state index in [9.17, 15) is 13.2 Å². The Morgan fingerprint density at radius 2 is 1.95 bits per heavy atom. The van der Waals surface area contributed by atoms with E-state index in [0.29, 0.717) is 12.2 Å². The summed E-state index contributed by atoms with van der Waals surface area (Å²) in [5, 5.41) is 2.96. The third kappa shape index (κ3) is 5.11. The van der Waals surface area contributed by atoms with Gasteiger partial charge in [-0.15, -0.1) is 0 Å². The quantitative estimate of drug-likeness (QED) is 0.837. The van der Waals surface area contributed by atoms with Crippen molar-refractivity contribution in [1.82, 2.24) is 5.32 Å². The largest absolute Gasteiger partial charge is 0.416 e. The Kier molecular flexibility index (Phi) is 6.45. The summed E-state index contributed by atoms with van der Waals surface area (Å²) >= 11 is 0. The van der Waals surface area contributed by atoms with Crippen molar-refractivity contribution < 1.29 is 22.6 Å². The maximum atomic E-state index is 12.7. The first-order chi connectivity index (χ1) is 9.38. The molecule has 0 heterocycles. The number of halogens is 3. The van der Waals surface area contributed by atoms with E-state index in [1.54, 1.807) is 20.2 Å². The molecule has 20 heavy (non-hydrogen) atoms. The molecule has 0 saturated heterocycles. The van der Waals surface area contributed by atoms with Crippen LogP contribution in [0.1, 0.15) is 24.1 Å². The Balaban J connectivity index is 2.75. The second-order valence-corrected chi connectivity index (χ2v) is 4.56. The summed E-state index contributed by atoms with van der Waals surface area (Å²) < 4.78 is 48.5. The summed E-state index contributed by atoms with van der Waals surface area (Å²) in [6, 6.07) is 4.97. The van der Waals surface area contributed by atoms with Crippen molar-refractivity contribution in [3.05, 3.63) is 35.4 Å². The Morgan fingerprint density at radius 3 is 2.50 bits per heavy atom. The van der Waals surface area contributed by atoms with Gasteiger partial charge in [0.2, 0.25) is 0 Å². The van der Waals surface area contributed by atoms with Gasteiger partial charge >= 0.3 is 6.18 Å². The van der Waals surface area contributed by atoms with Gasteiger partial charge in [0.15, 0.2) is 0 Å². The van der Waals surface area contributed by atoms with Crippen molar-refractivity contribution in [3.8, 4) is 0 Å². The molecule has 6 heteroatoms. The first-order valence-corrected chi connectivity index (χ1v) is 6.33. The minimum atomic E-state index is -4.33. The van der Waals surface area contributed by atoms with Crippen LogP contribution in [-0.2, 0) is 15.7 Å². The fraction of sp³-hybridized carbons (Fsp3) is 0.571. The highest BCUT2D eigenvalue weighted by atomic mass is 19.4. The highest BCUT2D eigenvalue weighted by Gasteiger charge is 2.30. The second kappa shape index (κ2) is 7.61. The van der Waals surface area contributed by atoms with Crippen LogP contribution in [0.5, 0.6) is 0 Å². The molecule has 2 unspecified atom stereocenters. The molecule has 0 bridgehead atoms. The number of hydrogen-bond donors (Lipinski definition) is 1. The molecule has 0 amide bonds. The van der Waals surface area contributed by atoms with Gasteiger partial charge < -0.3 is 14.8 Å². The van der Waals surface area contributed by atoms with E-state index in [2.05, 4.69) is 5.32 Å². The molecule has 1 aromatic rings. The number of nitrogens with one attached hydrogen (secondary N) is 1. The molecule has 0 aromatic heterocycles. The summed E-state index contributed by atoms with van der Waals surface area (Å²) in [6.07, 6.45) is -4.44. The molecule has 1 rings (SSSR count). The van der Waals surface area contributed by atoms with Gasteiger partial charge in [-0.3, -0.25) is 0 Å². The molecule has 0 spiro atoms. The lowest BCUT2D eigenvalue weighted by Gasteiger charge is -2.20. The van der Waals surface area contributed by atoms with Crippen LogP contribution in [-0.4, -0.2) is 33.5 Å². The standard InChI is InChI=1S/C14H20F3NO2/c1-10(8-19-3)20-9-13(18-2)11-5-4-6-12(7-11)14(15,16)17/h4-7,10,13,18H,8-9H2,1-3H3. The zero-order valence-electron chi connectivity index (χ0n) is 11.8. The number of alkyl halides is 3. The minimum absolute atomic E-state index is 0.110. The fourth-order valence-electron chi connectivity index (χ4n) is 1.82. The molecule has 0 radical (unpaired) electrons. The fourth-order valence-corrected chi connectivity index (χ4v) is 1.82. The SMILES string of the molecule is CNC(COC(C)COC)c1cccc(C(F)(F)F)c1. The van der Waals surface area contributed by atoms with E-state index in [0.717, 1.165) is 12.1 Å². The van der Waals surface area contributed by atoms with E-state index >= 15 is 0 Å². The first kappa shape index (κ1) is 16.9. The van der Waals surface area contributed by atoms with Gasteiger partial charge in [-0.1, -0.05) is 12.1 Å². The summed E-state index contributed by atoms with van der Waals surface area (Å²) in [4.78, 5) is 0. The van der Waals surface area contributed by atoms with Crippen LogP contribution in [0, 0.1) is 0 Å². The van der Waals surface area contributed by atoms with Gasteiger partial charge in [0.1, 0.15) is 0 Å². The topological polar surface area (TPSA) is 30.5 Å². The molecular weight excluding hydrogens is 271 g/mol. The monoisotopic (exact) mass is 291 g/mol. The summed E-state index contributed by atoms with van der Waals surface area (Å²) in [5.41, 5.74) is -0.105. The second-order valence-electron chi connectivity index (χ2n) is 4.56. The van der Waals surface area contributed by atoms with E-state index in [1.165, 1.54) is 6.07 Å². The van der Waals surface area contributed by atoms with Crippen molar-refractivity contribution in [1.29, 1.82) is 0 Å². The third-order valence-corrected chi connectivity index (χ3v) is 2.91. The van der Waals surface area contributed by atoms with Crippen LogP contribution in [0.4, 0.5) is 13.2 Å². The van der Waals surface area contributed by atoms with Crippen molar-refractivity contribution in [2.24, 2.45) is 0 Å². The molecule has 2 atom stereocenters. The predicted molar refractivity (Wildman–Crippen MR) is 70.5 cm³/mol. The average Bonchev–Trinajstić information content (AvgIpc) is 2.39. The molecule has 1 aromatic carbocycles. The lowest BCUT2D eigenvalue weighted by atomic mass is 10.0. The Hall–Kier alpha value is -1.11. The summed E-state index contributed by atoms with van der Waals surface area (Å²) in [7, 11) is 3.26. The van der Waals surface area contributed by atoms with Gasteiger partial charge in [0.05, 0.1) is 30.9 Å². The van der Waals surface area contributed by atoms with Gasteiger partial charge in [-0.05, 0) is 31.7 Å². The van der Waals surface area contributed by atoms with E-state index in [-0.39, 0.29) is 18.8 Å². The molecule has 0 aliphatic carbocycles. The zero-order valence-corrected chi connectivity index (χ0v) is 11.8. The highest BCUT2D eigenvalue weighted by Crippen LogP contribution is 2.30. The molecule has 0 aliphatic heterocycles. The molecular formula is C14H20F3NO2. The van der Waals surface area contributed by atoms with Crippen molar-refractivity contribution >= 4 is 0 Å². The van der Waals surface area contributed by atoms with Crippen molar-refractivity contribution in [2.75, 3.05) is 27.4 Å². The summed E-state index contributed by atoms with van der Waals surface area (Å²) in [6.45, 7) is 2.57. The molecule has 1 N–H and O–H groups in total. The molecule has 0 saturated carbocycles. The number of benzene rings is 1. The lowest BCUT2D eigenvalue weighted by Crippen LogP contribution is -2.26. The van der Waals surface area contributed by atoms with Gasteiger partial charge in [-0.2, -0.15) is 13.2 Å². The predicted octanol–water partition coefficient (Wildman–Crippen LogP) is 3.02. The van der Waals surface area contributed by atoms with Gasteiger partial charge in [0, 0.05) is 7.11 Å². The van der Waals surface area contributed by atoms with Crippen molar-refractivity contribution in [3.63, 3.8) is 0 Å². The number of methoxy groups -OCH3 is 1. The van der Waals surface area contributed by atoms with E-state index in [1.807, 2.05) is 6.92 Å². The Labute approximate surface area is 117 Å². The van der Waals surface area contributed by atoms with Crippen LogP contribution in [0.2, 0.25) is 0 Å². The number of hydrogen-bond acceptors (Lipinski definition) is 3. The first-order valence-electron chi connectivity index (χ1n) is 6.33. The number of likely N-dealkylation sites (N-methyl/N-ethyl adjacent to an activating group) is 1. The molecule has 3 nitrogen and oxygen atoms in total. The molecule has 114 valence electrons. The van der Waals surface area contributed by atoms with Gasteiger partial charge in [-0.25, -0.2) is 0 Å². The average molecular weight is 291 g/mol. The third-order valence-electron chi connectivity index (χ3n) is 2.91. The molecule has 0 aliphatic rings. The number of ether oxygens (including phenoxy) is 2. The molecule has 0 fully saturated rings. The lowest BCUT2D eigenvalue weighted by molar-refractivity contribution is -0.137. The van der Waals surface area contributed by atoms with Gasteiger partial charge in [0.25, 0.3) is 0 Å². The maximum absolute atomic E-state index is 12.7. The van der Waals surface area contributed by atoms with Crippen LogP contribution in [0.3, 0.4) is 0 Å². The summed E-state index contributed by atoms with van der Waals surface area (Å²) in [5.74, 6) is 0. The zero-order chi connectivity index (χ0) is 15.2. The van der Waals surface area contributed by atoms with Crippen LogP contribution in [0.15, 0.2) is 24.3 Å². The number of rotatable bonds is 7. The van der Waals surface area contributed by atoms with Crippen molar-refractivity contribution in [2.45, 2.75) is 25.2 Å². The maximum Gasteiger partial charge on any atom is 0.416 e. The van der Waals surface area contributed by atoms with Crippen LogP contribution >= 0.6 is 0 Å². The Bertz CT molecular complexity index is 410. The normalized spacial score (nSPS) is 15.1. The smallest absolute Gasteiger partial charge is 0.382 e. The highest BCUT2D eigenvalue weighted by molar-refractivity contribution is 5.28.